The highest BCUT2D eigenvalue weighted by Gasteiger charge is 2.25. The Labute approximate surface area is 167 Å². The molecule has 2 N–H and O–H groups in total. The van der Waals surface area contributed by atoms with Crippen molar-refractivity contribution < 1.29 is 14.9 Å². The van der Waals surface area contributed by atoms with E-state index in [2.05, 4.69) is 52.4 Å². The van der Waals surface area contributed by atoms with Gasteiger partial charge in [-0.05, 0) is 36.2 Å². The van der Waals surface area contributed by atoms with Gasteiger partial charge < -0.3 is 4.98 Å². The van der Waals surface area contributed by atoms with Crippen LogP contribution < -0.4 is 0 Å². The molecule has 4 rings (SSSR count). The number of carbonyl (C=O) groups excluding carboxylic acids is 1. The number of nitrogens with one attached hydrogen (secondary N) is 1. The Balaban J connectivity index is 1.59. The smallest absolute Gasteiger partial charge is 0.361 e. The minimum absolute atomic E-state index is 0.158. The molecule has 0 bridgehead atoms. The predicted octanol–water partition coefficient (Wildman–Crippen LogP) is 4.34. The molecule has 0 saturated carbocycles. The van der Waals surface area contributed by atoms with Gasteiger partial charge in [0.15, 0.2) is 0 Å². The second-order valence-electron chi connectivity index (χ2n) is 7.84. The Hall–Kier alpha value is -3.45. The summed E-state index contributed by atoms with van der Waals surface area (Å²) >= 11 is 0. The van der Waals surface area contributed by atoms with E-state index in [0.717, 1.165) is 11.1 Å². The molecule has 2 aromatic heterocycles. The largest absolute Gasteiger partial charge is 0.373 e. The van der Waals surface area contributed by atoms with Crippen molar-refractivity contribution in [3.63, 3.8) is 0 Å². The molecule has 2 aromatic carbocycles. The van der Waals surface area contributed by atoms with E-state index >= 15 is 0 Å². The highest BCUT2D eigenvalue weighted by Crippen LogP contribution is 2.32. The van der Waals surface area contributed by atoms with Crippen LogP contribution in [0.25, 0.3) is 22.2 Å². The number of carbonyl (C=O) groups is 1. The quantitative estimate of drug-likeness (QED) is 0.390. The molecule has 7 heteroatoms. The van der Waals surface area contributed by atoms with Crippen LogP contribution in [0.2, 0.25) is 0 Å². The summed E-state index contributed by atoms with van der Waals surface area (Å²) in [6.45, 7) is 6.81. The van der Waals surface area contributed by atoms with E-state index < -0.39 is 5.97 Å². The van der Waals surface area contributed by atoms with Crippen molar-refractivity contribution >= 4 is 16.9 Å². The first-order valence-corrected chi connectivity index (χ1v) is 9.32. The van der Waals surface area contributed by atoms with Gasteiger partial charge in [0.1, 0.15) is 5.69 Å². The molecular formula is C22H22N4O3. The number of hydrogen-bond donors (Lipinski definition) is 2. The van der Waals surface area contributed by atoms with Crippen LogP contribution in [0.1, 0.15) is 35.3 Å². The number of H-pyrrole nitrogens is 1. The van der Waals surface area contributed by atoms with E-state index in [-0.39, 0.29) is 5.41 Å². The Kier molecular flexibility index (Phi) is 4.68. The van der Waals surface area contributed by atoms with E-state index in [1.54, 1.807) is 19.1 Å². The summed E-state index contributed by atoms with van der Waals surface area (Å²) in [4.78, 5) is 18.7. The third-order valence-corrected chi connectivity index (χ3v) is 5.24. The van der Waals surface area contributed by atoms with Gasteiger partial charge in [0.05, 0.1) is 18.3 Å². The average molecular weight is 390 g/mol. The van der Waals surface area contributed by atoms with Crippen LogP contribution in [0.5, 0.6) is 0 Å². The average Bonchev–Trinajstić information content (AvgIpc) is 3.34. The van der Waals surface area contributed by atoms with Gasteiger partial charge in [-0.1, -0.05) is 43.3 Å². The van der Waals surface area contributed by atoms with Gasteiger partial charge in [-0.3, -0.25) is 9.57 Å². The van der Waals surface area contributed by atoms with Crippen LogP contribution in [0.15, 0.2) is 54.9 Å². The Morgan fingerprint density at radius 3 is 2.79 bits per heavy atom. The number of aromatic nitrogens is 4. The van der Waals surface area contributed by atoms with E-state index in [0.29, 0.717) is 23.4 Å². The van der Waals surface area contributed by atoms with Crippen molar-refractivity contribution in [1.29, 1.82) is 0 Å². The number of nitrogens with zero attached hydrogens (tertiary/aromatic N) is 3. The lowest BCUT2D eigenvalue weighted by atomic mass is 9.84. The Morgan fingerprint density at radius 1 is 1.24 bits per heavy atom. The van der Waals surface area contributed by atoms with Crippen molar-refractivity contribution in [3.05, 3.63) is 71.5 Å². The summed E-state index contributed by atoms with van der Waals surface area (Å²) in [6, 6.07) is 13.5. The Morgan fingerprint density at radius 2 is 2.03 bits per heavy atom. The summed E-state index contributed by atoms with van der Waals surface area (Å²) in [7, 11) is 0. The van der Waals surface area contributed by atoms with Crippen molar-refractivity contribution in [2.75, 3.05) is 0 Å². The summed E-state index contributed by atoms with van der Waals surface area (Å²) in [5, 5.41) is 18.4. The highest BCUT2D eigenvalue weighted by molar-refractivity contribution is 5.91. The zero-order chi connectivity index (χ0) is 20.6. The summed E-state index contributed by atoms with van der Waals surface area (Å²) in [5.41, 5.74) is 4.74. The molecule has 7 nitrogen and oxygen atoms in total. The van der Waals surface area contributed by atoms with Crippen molar-refractivity contribution in [2.45, 2.75) is 32.7 Å². The van der Waals surface area contributed by atoms with E-state index in [1.807, 2.05) is 29.1 Å². The minimum atomic E-state index is -0.779. The number of fused-ring (bicyclic) bond motifs is 1. The maximum absolute atomic E-state index is 11.5. The van der Waals surface area contributed by atoms with Crippen LogP contribution in [-0.4, -0.2) is 31.2 Å². The molecule has 0 amide bonds. The number of hydrogen-bond acceptors (Lipinski definition) is 5. The predicted molar refractivity (Wildman–Crippen MR) is 110 cm³/mol. The fourth-order valence-electron chi connectivity index (χ4n) is 3.73. The zero-order valence-electron chi connectivity index (χ0n) is 16.5. The first-order valence-electron chi connectivity index (χ1n) is 9.32. The lowest BCUT2D eigenvalue weighted by Gasteiger charge is -2.24. The van der Waals surface area contributed by atoms with Crippen molar-refractivity contribution in [3.8, 4) is 11.3 Å². The van der Waals surface area contributed by atoms with Gasteiger partial charge in [0.2, 0.25) is 0 Å². The third kappa shape index (κ3) is 3.52. The summed E-state index contributed by atoms with van der Waals surface area (Å²) < 4.78 is 1.84. The normalized spacial score (nSPS) is 11.7. The van der Waals surface area contributed by atoms with Gasteiger partial charge in [-0.15, -0.1) is 5.10 Å². The van der Waals surface area contributed by atoms with E-state index in [9.17, 15) is 4.79 Å². The fraction of sp³-hybridized carbons (Fsp3) is 0.227. The van der Waals surface area contributed by atoms with Crippen molar-refractivity contribution in [1.82, 2.24) is 20.0 Å². The molecule has 0 atom stereocenters. The standard InChI is InChI=1S/C22H22N4O3/c1-14-10-15(8-9-16(14)21(27)29-28)20-12-26(25-24-20)13-22(2,3)18-11-23-19-7-5-4-6-17(18)19/h4-12,23,28H,13H2,1-3H3. The minimum Gasteiger partial charge on any atom is -0.361 e. The second-order valence-corrected chi connectivity index (χ2v) is 7.84. The molecule has 0 aliphatic rings. The number of aromatic amines is 1. The molecule has 0 unspecified atom stereocenters. The summed E-state index contributed by atoms with van der Waals surface area (Å²) in [6.07, 6.45) is 3.96. The number of para-hydroxylation sites is 1. The molecule has 0 saturated heterocycles. The van der Waals surface area contributed by atoms with Gasteiger partial charge in [-0.25, -0.2) is 4.79 Å². The number of benzene rings is 2. The molecule has 0 fully saturated rings. The number of rotatable bonds is 5. The number of aryl methyl sites for hydroxylation is 1. The molecule has 0 aliphatic heterocycles. The zero-order valence-corrected chi connectivity index (χ0v) is 16.5. The molecule has 0 spiro atoms. The highest BCUT2D eigenvalue weighted by atomic mass is 17.1. The lowest BCUT2D eigenvalue weighted by molar-refractivity contribution is -0.182. The third-order valence-electron chi connectivity index (χ3n) is 5.24. The van der Waals surface area contributed by atoms with Gasteiger partial charge in [0.25, 0.3) is 0 Å². The molecule has 2 heterocycles. The topological polar surface area (TPSA) is 93.0 Å². The molecule has 29 heavy (non-hydrogen) atoms. The van der Waals surface area contributed by atoms with Crippen LogP contribution in [-0.2, 0) is 16.8 Å². The molecule has 0 radical (unpaired) electrons. The van der Waals surface area contributed by atoms with Gasteiger partial charge >= 0.3 is 5.97 Å². The molecular weight excluding hydrogens is 368 g/mol. The van der Waals surface area contributed by atoms with Crippen LogP contribution in [0, 0.1) is 6.92 Å². The van der Waals surface area contributed by atoms with E-state index in [1.165, 1.54) is 10.9 Å². The first-order chi connectivity index (χ1) is 13.9. The monoisotopic (exact) mass is 390 g/mol. The maximum Gasteiger partial charge on any atom is 0.373 e. The fourth-order valence-corrected chi connectivity index (χ4v) is 3.73. The van der Waals surface area contributed by atoms with Gasteiger partial charge in [0, 0.05) is 28.1 Å². The summed E-state index contributed by atoms with van der Waals surface area (Å²) in [5.74, 6) is -0.779. The van der Waals surface area contributed by atoms with Crippen LogP contribution >= 0.6 is 0 Å². The second kappa shape index (κ2) is 7.18. The van der Waals surface area contributed by atoms with Crippen molar-refractivity contribution in [2.24, 2.45) is 0 Å². The van der Waals surface area contributed by atoms with Crippen LogP contribution in [0.4, 0.5) is 0 Å². The molecule has 0 aliphatic carbocycles. The van der Waals surface area contributed by atoms with E-state index in [4.69, 9.17) is 5.26 Å². The maximum atomic E-state index is 11.5. The van der Waals surface area contributed by atoms with Gasteiger partial charge in [-0.2, -0.15) is 5.26 Å². The lowest BCUT2D eigenvalue weighted by Crippen LogP contribution is -2.24. The molecule has 148 valence electrons. The molecule has 4 aromatic rings. The van der Waals surface area contributed by atoms with Crippen LogP contribution in [0.3, 0.4) is 0 Å². The SMILES string of the molecule is Cc1cc(-c2cn(CC(C)(C)c3c[nH]c4ccccc34)nn2)ccc1C(=O)OO. The first kappa shape index (κ1) is 18.9. The Bertz CT molecular complexity index is 1190.